The van der Waals surface area contributed by atoms with Gasteiger partial charge < -0.3 is 30.6 Å². The van der Waals surface area contributed by atoms with Crippen molar-refractivity contribution >= 4 is 0 Å². The first kappa shape index (κ1) is 22.4. The highest BCUT2D eigenvalue weighted by Gasteiger charge is 2.49. The number of rotatable bonds is 9. The molecule has 6 N–H and O–H groups in total. The van der Waals surface area contributed by atoms with E-state index in [1.165, 1.54) is 36.4 Å². The summed E-state index contributed by atoms with van der Waals surface area (Å²) >= 11 is 0. The average molecular weight is 398 g/mol. The third-order valence-electron chi connectivity index (χ3n) is 4.76. The van der Waals surface area contributed by atoms with Crippen LogP contribution >= 0.6 is 0 Å². The van der Waals surface area contributed by atoms with Crippen molar-refractivity contribution in [3.63, 3.8) is 0 Å². The van der Waals surface area contributed by atoms with Crippen molar-refractivity contribution in [3.05, 3.63) is 71.3 Å². The molecule has 5 atom stereocenters. The number of aliphatic hydroxyl groups is 6. The van der Waals surface area contributed by atoms with Gasteiger partial charge in [-0.2, -0.15) is 0 Å². The fraction of sp³-hybridized carbons (Fsp3) is 0.400. The average Bonchev–Trinajstić information content (AvgIpc) is 2.69. The maximum absolute atomic E-state index is 14.0. The summed E-state index contributed by atoms with van der Waals surface area (Å²) in [5, 5.41) is 61.0. The maximum Gasteiger partial charge on any atom is 0.126 e. The van der Waals surface area contributed by atoms with E-state index in [0.29, 0.717) is 0 Å². The normalized spacial score (nSPS) is 18.1. The molecule has 2 rings (SSSR count). The summed E-state index contributed by atoms with van der Waals surface area (Å²) in [6.07, 6.45) is -8.92. The molecule has 0 amide bonds. The van der Waals surface area contributed by atoms with Gasteiger partial charge in [0.05, 0.1) is 12.7 Å². The van der Waals surface area contributed by atoms with Gasteiger partial charge in [0.25, 0.3) is 0 Å². The van der Waals surface area contributed by atoms with E-state index in [0.717, 1.165) is 12.1 Å². The molecule has 1 unspecified atom stereocenters. The number of benzene rings is 2. The van der Waals surface area contributed by atoms with Crippen LogP contribution in [-0.4, -0.2) is 67.3 Å². The Balaban J connectivity index is 2.34. The van der Waals surface area contributed by atoms with Crippen LogP contribution in [0.15, 0.2) is 48.5 Å². The Kier molecular flexibility index (Phi) is 7.59. The lowest BCUT2D eigenvalue weighted by Gasteiger charge is -2.40. The molecule has 0 bridgehead atoms. The molecule has 0 saturated carbocycles. The van der Waals surface area contributed by atoms with Crippen LogP contribution in [0.4, 0.5) is 8.78 Å². The molecule has 0 radical (unpaired) electrons. The zero-order valence-electron chi connectivity index (χ0n) is 15.0. The second kappa shape index (κ2) is 9.51. The number of hydrogen-bond acceptors (Lipinski definition) is 6. The van der Waals surface area contributed by atoms with Crippen LogP contribution in [0.25, 0.3) is 0 Å². The summed E-state index contributed by atoms with van der Waals surface area (Å²) in [5.74, 6) is -1.37. The molecule has 6 nitrogen and oxygen atoms in total. The van der Waals surface area contributed by atoms with Crippen molar-refractivity contribution in [3.8, 4) is 0 Å². The highest BCUT2D eigenvalue weighted by molar-refractivity contribution is 5.23. The van der Waals surface area contributed by atoms with Crippen molar-refractivity contribution in [1.29, 1.82) is 0 Å². The summed E-state index contributed by atoms with van der Waals surface area (Å²) in [7, 11) is 0. The molecule has 0 fully saturated rings. The number of halogens is 2. The Labute approximate surface area is 161 Å². The monoisotopic (exact) mass is 398 g/mol. The van der Waals surface area contributed by atoms with Gasteiger partial charge in [-0.15, -0.1) is 0 Å². The van der Waals surface area contributed by atoms with E-state index in [1.807, 2.05) is 0 Å². The largest absolute Gasteiger partial charge is 0.394 e. The number of aliphatic hydroxyl groups excluding tert-OH is 5. The van der Waals surface area contributed by atoms with Gasteiger partial charge in [0.1, 0.15) is 35.5 Å². The first-order valence-electron chi connectivity index (χ1n) is 8.73. The fourth-order valence-electron chi connectivity index (χ4n) is 3.10. The zero-order valence-corrected chi connectivity index (χ0v) is 15.0. The van der Waals surface area contributed by atoms with Gasteiger partial charge in [-0.25, -0.2) is 8.78 Å². The van der Waals surface area contributed by atoms with Crippen LogP contribution in [0.1, 0.15) is 11.1 Å². The lowest BCUT2D eigenvalue weighted by molar-refractivity contribution is -0.203. The zero-order chi connectivity index (χ0) is 20.9. The third kappa shape index (κ3) is 4.91. The van der Waals surface area contributed by atoms with Crippen LogP contribution in [0.5, 0.6) is 0 Å². The maximum atomic E-state index is 14.0. The molecular weight excluding hydrogens is 374 g/mol. The number of hydrogen-bond donors (Lipinski definition) is 6. The molecule has 0 heterocycles. The van der Waals surface area contributed by atoms with E-state index in [-0.39, 0.29) is 11.1 Å². The van der Waals surface area contributed by atoms with Crippen LogP contribution in [0.2, 0.25) is 0 Å². The van der Waals surface area contributed by atoms with Gasteiger partial charge in [0.2, 0.25) is 0 Å². The van der Waals surface area contributed by atoms with E-state index in [1.54, 1.807) is 0 Å². The summed E-state index contributed by atoms with van der Waals surface area (Å²) in [5.41, 5.74) is -2.67. The minimum atomic E-state index is -2.63. The second-order valence-electron chi connectivity index (χ2n) is 6.76. The molecule has 28 heavy (non-hydrogen) atoms. The molecule has 0 aromatic heterocycles. The van der Waals surface area contributed by atoms with E-state index < -0.39 is 61.1 Å². The highest BCUT2D eigenvalue weighted by Crippen LogP contribution is 2.28. The Morgan fingerprint density at radius 2 is 1.21 bits per heavy atom. The van der Waals surface area contributed by atoms with Crippen molar-refractivity contribution in [2.45, 2.75) is 42.9 Å². The van der Waals surface area contributed by atoms with Crippen LogP contribution < -0.4 is 0 Å². The molecule has 0 aliphatic rings. The van der Waals surface area contributed by atoms with Gasteiger partial charge in [-0.05, 0) is 23.3 Å². The second-order valence-corrected chi connectivity index (χ2v) is 6.76. The fourth-order valence-corrected chi connectivity index (χ4v) is 3.10. The lowest BCUT2D eigenvalue weighted by atomic mass is 9.78. The summed E-state index contributed by atoms with van der Waals surface area (Å²) in [6, 6.07) is 10.8. The molecule has 2 aromatic rings. The first-order valence-corrected chi connectivity index (χ1v) is 8.73. The summed E-state index contributed by atoms with van der Waals surface area (Å²) in [4.78, 5) is 0. The Morgan fingerprint density at radius 3 is 1.71 bits per heavy atom. The molecular formula is C20H24F2O6. The standard InChI is InChI=1S/C20H24F2O6/c21-14-7-3-1-5-12(14)9-16(24)18(26)20(28,19(27)17(25)11-23)10-13-6-2-4-8-15(13)22/h1-8,16-19,23-28H,9-11H2/t16?,17-,18+,19+,20+/m0/s1. The van der Waals surface area contributed by atoms with Gasteiger partial charge in [0, 0.05) is 12.8 Å². The Hall–Kier alpha value is -1.94. The summed E-state index contributed by atoms with van der Waals surface area (Å²) in [6.45, 7) is -0.948. The van der Waals surface area contributed by atoms with E-state index in [2.05, 4.69) is 0 Å². The predicted octanol–water partition coefficient (Wildman–Crippen LogP) is -0.0830. The van der Waals surface area contributed by atoms with Crippen LogP contribution in [-0.2, 0) is 12.8 Å². The molecule has 0 aliphatic carbocycles. The first-order chi connectivity index (χ1) is 13.2. The summed E-state index contributed by atoms with van der Waals surface area (Å²) < 4.78 is 27.9. The van der Waals surface area contributed by atoms with Crippen molar-refractivity contribution in [1.82, 2.24) is 0 Å². The van der Waals surface area contributed by atoms with Crippen molar-refractivity contribution in [2.75, 3.05) is 6.61 Å². The van der Waals surface area contributed by atoms with Crippen LogP contribution in [0.3, 0.4) is 0 Å². The SMILES string of the molecule is OC[C@H](O)[C@@H](O)[C@@](O)(Cc1ccccc1F)[C@H](O)C(O)Cc1ccccc1F. The third-order valence-corrected chi connectivity index (χ3v) is 4.76. The minimum Gasteiger partial charge on any atom is -0.394 e. The van der Waals surface area contributed by atoms with E-state index in [9.17, 15) is 34.3 Å². The van der Waals surface area contributed by atoms with Crippen molar-refractivity contribution in [2.24, 2.45) is 0 Å². The molecule has 0 saturated heterocycles. The van der Waals surface area contributed by atoms with Crippen molar-refractivity contribution < 1.29 is 39.4 Å². The quantitative estimate of drug-likeness (QED) is 0.351. The van der Waals surface area contributed by atoms with E-state index in [4.69, 9.17) is 5.11 Å². The lowest BCUT2D eigenvalue weighted by Crippen LogP contribution is -2.62. The van der Waals surface area contributed by atoms with E-state index >= 15 is 0 Å². The molecule has 154 valence electrons. The van der Waals surface area contributed by atoms with Crippen LogP contribution in [0, 0.1) is 11.6 Å². The predicted molar refractivity (Wildman–Crippen MR) is 96.3 cm³/mol. The molecule has 0 aliphatic heterocycles. The van der Waals surface area contributed by atoms with Gasteiger partial charge in [-0.3, -0.25) is 0 Å². The smallest absolute Gasteiger partial charge is 0.126 e. The topological polar surface area (TPSA) is 121 Å². The Bertz CT molecular complexity index is 774. The van der Waals surface area contributed by atoms with Gasteiger partial charge >= 0.3 is 0 Å². The highest BCUT2D eigenvalue weighted by atomic mass is 19.1. The Morgan fingerprint density at radius 1 is 0.750 bits per heavy atom. The molecule has 0 spiro atoms. The molecule has 2 aromatic carbocycles. The van der Waals surface area contributed by atoms with Gasteiger partial charge in [-0.1, -0.05) is 36.4 Å². The molecule has 8 heteroatoms. The van der Waals surface area contributed by atoms with Gasteiger partial charge in [0.15, 0.2) is 0 Å². The minimum absolute atomic E-state index is 0.0551.